The molecule has 1 aromatic heterocycles. The minimum absolute atomic E-state index is 0.111. The maximum atomic E-state index is 12.2. The van der Waals surface area contributed by atoms with E-state index in [4.69, 9.17) is 9.47 Å². The number of nitrogens with one attached hydrogen (secondary N) is 2. The van der Waals surface area contributed by atoms with Crippen LogP contribution in [-0.2, 0) is 9.47 Å². The van der Waals surface area contributed by atoms with Gasteiger partial charge in [0, 0.05) is 12.2 Å². The van der Waals surface area contributed by atoms with Crippen molar-refractivity contribution >= 4 is 11.7 Å². The van der Waals surface area contributed by atoms with E-state index in [1.807, 2.05) is 26.0 Å². The number of ether oxygens (including phenoxy) is 2. The molecule has 0 saturated carbocycles. The predicted molar refractivity (Wildman–Crippen MR) is 86.2 cm³/mol. The highest BCUT2D eigenvalue weighted by Gasteiger charge is 2.16. The molecule has 1 fully saturated rings. The summed E-state index contributed by atoms with van der Waals surface area (Å²) in [5, 5.41) is 16.8. The summed E-state index contributed by atoms with van der Waals surface area (Å²) in [5.41, 5.74) is 3.50. The molecule has 128 valence electrons. The third-order valence-electron chi connectivity index (χ3n) is 3.89. The van der Waals surface area contributed by atoms with Gasteiger partial charge in [-0.2, -0.15) is 0 Å². The fourth-order valence-electron chi connectivity index (χ4n) is 2.41. The lowest BCUT2D eigenvalue weighted by Crippen LogP contribution is -2.41. The fourth-order valence-corrected chi connectivity index (χ4v) is 2.41. The van der Waals surface area contributed by atoms with Crippen molar-refractivity contribution < 1.29 is 14.3 Å². The summed E-state index contributed by atoms with van der Waals surface area (Å²) in [6.45, 7) is 5.97. The minimum Gasteiger partial charge on any atom is -0.376 e. The summed E-state index contributed by atoms with van der Waals surface area (Å²) >= 11 is 0. The zero-order chi connectivity index (χ0) is 16.9. The van der Waals surface area contributed by atoms with Gasteiger partial charge in [-0.15, -0.1) is 5.10 Å². The highest BCUT2D eigenvalue weighted by molar-refractivity contribution is 5.90. The van der Waals surface area contributed by atoms with E-state index in [1.54, 1.807) is 4.68 Å². The molecular weight excluding hydrogens is 312 g/mol. The number of nitrogens with zero attached hydrogens (tertiary/aromatic N) is 4. The molecule has 2 heterocycles. The van der Waals surface area contributed by atoms with Crippen LogP contribution in [-0.4, -0.2) is 58.7 Å². The highest BCUT2D eigenvalue weighted by atomic mass is 16.6. The Morgan fingerprint density at radius 1 is 1.38 bits per heavy atom. The van der Waals surface area contributed by atoms with E-state index in [9.17, 15) is 4.79 Å². The normalized spacial score (nSPS) is 17.5. The van der Waals surface area contributed by atoms with Crippen LogP contribution < -0.4 is 10.6 Å². The minimum atomic E-state index is -0.291. The van der Waals surface area contributed by atoms with Crippen molar-refractivity contribution in [3.63, 3.8) is 0 Å². The maximum absolute atomic E-state index is 12.2. The van der Waals surface area contributed by atoms with E-state index in [2.05, 4.69) is 26.2 Å². The number of urea groups is 1. The molecule has 0 aliphatic carbocycles. The Kier molecular flexibility index (Phi) is 5.02. The number of amides is 2. The second-order valence-corrected chi connectivity index (χ2v) is 5.59. The van der Waals surface area contributed by atoms with Crippen molar-refractivity contribution in [1.82, 2.24) is 25.5 Å². The van der Waals surface area contributed by atoms with Crippen LogP contribution in [0.25, 0.3) is 5.69 Å². The molecule has 0 bridgehead atoms. The molecular formula is C15H20N6O3. The molecule has 2 N–H and O–H groups in total. The zero-order valence-electron chi connectivity index (χ0n) is 13.7. The number of rotatable bonds is 4. The second-order valence-electron chi connectivity index (χ2n) is 5.59. The molecule has 0 spiro atoms. The summed E-state index contributed by atoms with van der Waals surface area (Å²) in [7, 11) is 0. The molecule has 0 radical (unpaired) electrons. The number of aromatic nitrogens is 4. The van der Waals surface area contributed by atoms with Gasteiger partial charge in [0.25, 0.3) is 0 Å². The molecule has 9 nitrogen and oxygen atoms in total. The van der Waals surface area contributed by atoms with Gasteiger partial charge >= 0.3 is 6.03 Å². The molecule has 1 aliphatic rings. The lowest BCUT2D eigenvalue weighted by molar-refractivity contribution is -0.0852. The molecule has 1 aromatic carbocycles. The van der Waals surface area contributed by atoms with Crippen LogP contribution in [0.4, 0.5) is 10.5 Å². The van der Waals surface area contributed by atoms with Crippen LogP contribution >= 0.6 is 0 Å². The Morgan fingerprint density at radius 3 is 2.96 bits per heavy atom. The number of anilines is 1. The van der Waals surface area contributed by atoms with Crippen molar-refractivity contribution in [2.24, 2.45) is 0 Å². The van der Waals surface area contributed by atoms with Crippen molar-refractivity contribution in [1.29, 1.82) is 0 Å². The lowest BCUT2D eigenvalue weighted by Gasteiger charge is -2.23. The van der Waals surface area contributed by atoms with Gasteiger partial charge in [-0.3, -0.25) is 0 Å². The highest BCUT2D eigenvalue weighted by Crippen LogP contribution is 2.23. The first-order chi connectivity index (χ1) is 11.6. The first-order valence-electron chi connectivity index (χ1n) is 7.72. The van der Waals surface area contributed by atoms with E-state index in [0.717, 1.165) is 16.8 Å². The van der Waals surface area contributed by atoms with Crippen LogP contribution in [0, 0.1) is 13.8 Å². The molecule has 2 aromatic rings. The molecule has 1 atom stereocenters. The van der Waals surface area contributed by atoms with E-state index in [-0.39, 0.29) is 12.1 Å². The van der Waals surface area contributed by atoms with Gasteiger partial charge in [-0.25, -0.2) is 9.48 Å². The van der Waals surface area contributed by atoms with Crippen molar-refractivity contribution in [3.8, 4) is 5.69 Å². The Hall–Kier alpha value is -2.52. The summed E-state index contributed by atoms with van der Waals surface area (Å²) < 4.78 is 12.3. The maximum Gasteiger partial charge on any atom is 0.319 e. The van der Waals surface area contributed by atoms with E-state index in [1.165, 1.54) is 6.33 Å². The summed E-state index contributed by atoms with van der Waals surface area (Å²) in [6.07, 6.45) is 1.40. The summed E-state index contributed by atoms with van der Waals surface area (Å²) in [4.78, 5) is 12.2. The number of aryl methyl sites for hydroxylation is 1. The van der Waals surface area contributed by atoms with Crippen molar-refractivity contribution in [2.75, 3.05) is 31.7 Å². The summed E-state index contributed by atoms with van der Waals surface area (Å²) in [6, 6.07) is 3.50. The average Bonchev–Trinajstić information content (AvgIpc) is 3.12. The number of tetrazole rings is 1. The van der Waals surface area contributed by atoms with Crippen LogP contribution in [0.3, 0.4) is 0 Å². The fraction of sp³-hybridized carbons (Fsp3) is 0.467. The Labute approximate surface area is 139 Å². The van der Waals surface area contributed by atoms with Gasteiger partial charge < -0.3 is 20.1 Å². The van der Waals surface area contributed by atoms with Gasteiger partial charge in [0.1, 0.15) is 6.33 Å². The van der Waals surface area contributed by atoms with Gasteiger partial charge in [0.2, 0.25) is 0 Å². The van der Waals surface area contributed by atoms with E-state index in [0.29, 0.717) is 32.1 Å². The number of carbonyl (C=O) groups is 1. The Bertz CT molecular complexity index is 697. The van der Waals surface area contributed by atoms with E-state index < -0.39 is 0 Å². The third kappa shape index (κ3) is 3.87. The molecule has 0 unspecified atom stereocenters. The first kappa shape index (κ1) is 16.3. The Balaban J connectivity index is 1.66. The van der Waals surface area contributed by atoms with Gasteiger partial charge in [0.05, 0.1) is 31.6 Å². The van der Waals surface area contributed by atoms with Crippen molar-refractivity contribution in [3.05, 3.63) is 29.6 Å². The smallest absolute Gasteiger partial charge is 0.319 e. The standard InChI is InChI=1S/C15H20N6O3/c1-10-5-12(21-9-17-19-20-21)6-14(11(10)2)18-15(22)16-7-13-8-23-3-4-24-13/h5-6,9,13H,3-4,7-8H2,1-2H3,(H2,16,18,22)/t13-/m1/s1. The molecule has 3 rings (SSSR count). The largest absolute Gasteiger partial charge is 0.376 e. The molecule has 1 aliphatic heterocycles. The molecule has 9 heteroatoms. The van der Waals surface area contributed by atoms with Crippen LogP contribution in [0.1, 0.15) is 11.1 Å². The topological polar surface area (TPSA) is 103 Å². The predicted octanol–water partition coefficient (Wildman–Crippen LogP) is 0.816. The SMILES string of the molecule is Cc1cc(-n2cnnn2)cc(NC(=O)NC[C@@H]2COCCO2)c1C. The van der Waals surface area contributed by atoms with E-state index >= 15 is 0 Å². The first-order valence-corrected chi connectivity index (χ1v) is 7.72. The number of hydrogen-bond donors (Lipinski definition) is 2. The monoisotopic (exact) mass is 332 g/mol. The Morgan fingerprint density at radius 2 is 2.25 bits per heavy atom. The average molecular weight is 332 g/mol. The second kappa shape index (κ2) is 7.37. The number of benzene rings is 1. The molecule has 1 saturated heterocycles. The van der Waals surface area contributed by atoms with Crippen molar-refractivity contribution in [2.45, 2.75) is 20.0 Å². The number of carbonyl (C=O) groups excluding carboxylic acids is 1. The van der Waals surface area contributed by atoms with Gasteiger partial charge in [0.15, 0.2) is 0 Å². The third-order valence-corrected chi connectivity index (χ3v) is 3.89. The van der Waals surface area contributed by atoms with Gasteiger partial charge in [-0.05, 0) is 47.5 Å². The summed E-state index contributed by atoms with van der Waals surface area (Å²) in [5.74, 6) is 0. The lowest BCUT2D eigenvalue weighted by atomic mass is 10.1. The molecule has 24 heavy (non-hydrogen) atoms. The van der Waals surface area contributed by atoms with Crippen LogP contribution in [0.5, 0.6) is 0 Å². The van der Waals surface area contributed by atoms with Gasteiger partial charge in [-0.1, -0.05) is 0 Å². The zero-order valence-corrected chi connectivity index (χ0v) is 13.7. The molecule has 2 amide bonds. The number of hydrogen-bond acceptors (Lipinski definition) is 6. The quantitative estimate of drug-likeness (QED) is 0.859. The van der Waals surface area contributed by atoms with Crippen LogP contribution in [0.2, 0.25) is 0 Å². The van der Waals surface area contributed by atoms with Crippen LogP contribution in [0.15, 0.2) is 18.5 Å².